The van der Waals surface area contributed by atoms with Gasteiger partial charge >= 0.3 is 0 Å². The molecule has 23 heavy (non-hydrogen) atoms. The maximum atomic E-state index is 10.4. The van der Waals surface area contributed by atoms with Crippen molar-refractivity contribution in [2.45, 2.75) is 19.1 Å². The molecule has 1 saturated heterocycles. The Kier molecular flexibility index (Phi) is 4.35. The molecule has 0 bridgehead atoms. The van der Waals surface area contributed by atoms with Crippen LogP contribution in [0.4, 0.5) is 0 Å². The van der Waals surface area contributed by atoms with E-state index in [2.05, 4.69) is 39.0 Å². The lowest BCUT2D eigenvalue weighted by Crippen LogP contribution is -2.45. The minimum absolute atomic E-state index is 0.293. The highest BCUT2D eigenvalue weighted by Gasteiger charge is 2.23. The molecule has 0 saturated carbocycles. The van der Waals surface area contributed by atoms with Gasteiger partial charge in [-0.25, -0.2) is 0 Å². The van der Waals surface area contributed by atoms with Crippen molar-refractivity contribution >= 4 is 10.9 Å². The molecule has 2 N–H and O–H groups in total. The Morgan fingerprint density at radius 1 is 1.09 bits per heavy atom. The zero-order valence-corrected chi connectivity index (χ0v) is 13.5. The zero-order valence-electron chi connectivity index (χ0n) is 13.5. The number of nitrogens with zero attached hydrogens (tertiary/aromatic N) is 2. The molecule has 2 aliphatic rings. The fraction of sp³-hybridized carbons (Fsp3) is 0.556. The predicted octanol–water partition coefficient (Wildman–Crippen LogP) is 1.22. The van der Waals surface area contributed by atoms with Gasteiger partial charge in [0.2, 0.25) is 0 Å². The summed E-state index contributed by atoms with van der Waals surface area (Å²) in [6, 6.07) is 8.53. The van der Waals surface area contributed by atoms with E-state index in [0.717, 1.165) is 58.9 Å². The van der Waals surface area contributed by atoms with Crippen LogP contribution in [-0.4, -0.2) is 71.9 Å². The molecule has 2 aromatic rings. The lowest BCUT2D eigenvalue weighted by molar-refractivity contribution is 0.00580. The smallest absolute Gasteiger partial charge is 0.0793 e. The first-order valence-electron chi connectivity index (χ1n) is 8.58. The van der Waals surface area contributed by atoms with Crippen LogP contribution in [0.1, 0.15) is 11.3 Å². The van der Waals surface area contributed by atoms with Crippen LogP contribution < -0.4 is 0 Å². The Morgan fingerprint density at radius 3 is 2.74 bits per heavy atom. The van der Waals surface area contributed by atoms with Crippen LogP contribution >= 0.6 is 0 Å². The number of benzene rings is 1. The van der Waals surface area contributed by atoms with Gasteiger partial charge in [-0.05, 0) is 18.1 Å². The van der Waals surface area contributed by atoms with Crippen LogP contribution in [0.5, 0.6) is 0 Å². The summed E-state index contributed by atoms with van der Waals surface area (Å²) in [5, 5.41) is 11.8. The lowest BCUT2D eigenvalue weighted by atomic mass is 10.0. The molecule has 0 radical (unpaired) electrons. The van der Waals surface area contributed by atoms with Crippen molar-refractivity contribution in [2.24, 2.45) is 0 Å². The Labute approximate surface area is 136 Å². The third kappa shape index (κ3) is 3.28. The Morgan fingerprint density at radius 2 is 1.87 bits per heavy atom. The van der Waals surface area contributed by atoms with Crippen molar-refractivity contribution in [2.75, 3.05) is 45.9 Å². The summed E-state index contributed by atoms with van der Waals surface area (Å²) in [5.74, 6) is 0. The standard InChI is InChI=1S/C18H25N3O2/c22-14(11-20-7-9-23-10-8-20)12-21-6-5-16-15-3-1-2-4-17(15)19-18(16)13-21/h1-4,14,19,22H,5-13H2. The van der Waals surface area contributed by atoms with E-state index in [1.54, 1.807) is 0 Å². The molecule has 0 aliphatic carbocycles. The van der Waals surface area contributed by atoms with E-state index < -0.39 is 0 Å². The number of ether oxygens (including phenoxy) is 1. The van der Waals surface area contributed by atoms with Gasteiger partial charge in [0.25, 0.3) is 0 Å². The average Bonchev–Trinajstić information content (AvgIpc) is 2.93. The number of aliphatic hydroxyl groups is 1. The van der Waals surface area contributed by atoms with Crippen LogP contribution in [0.25, 0.3) is 10.9 Å². The number of H-pyrrole nitrogens is 1. The first-order chi connectivity index (χ1) is 11.3. The largest absolute Gasteiger partial charge is 0.390 e. The van der Waals surface area contributed by atoms with Crippen molar-refractivity contribution in [1.29, 1.82) is 0 Å². The van der Waals surface area contributed by atoms with E-state index in [-0.39, 0.29) is 6.10 Å². The van der Waals surface area contributed by atoms with Gasteiger partial charge in [-0.3, -0.25) is 9.80 Å². The topological polar surface area (TPSA) is 51.7 Å². The third-order valence-electron chi connectivity index (χ3n) is 5.00. The van der Waals surface area contributed by atoms with Crippen molar-refractivity contribution in [3.8, 4) is 0 Å². The van der Waals surface area contributed by atoms with Gasteiger partial charge in [-0.1, -0.05) is 18.2 Å². The molecule has 0 spiro atoms. The summed E-state index contributed by atoms with van der Waals surface area (Å²) in [5.41, 5.74) is 4.00. The molecule has 1 aromatic carbocycles. The van der Waals surface area contributed by atoms with Crippen LogP contribution in [0.15, 0.2) is 24.3 Å². The maximum Gasteiger partial charge on any atom is 0.0793 e. The quantitative estimate of drug-likeness (QED) is 0.891. The van der Waals surface area contributed by atoms with Gasteiger partial charge in [-0.15, -0.1) is 0 Å². The molecule has 1 fully saturated rings. The van der Waals surface area contributed by atoms with Crippen LogP contribution in [-0.2, 0) is 17.7 Å². The molecule has 2 aliphatic heterocycles. The highest BCUT2D eigenvalue weighted by molar-refractivity contribution is 5.84. The predicted molar refractivity (Wildman–Crippen MR) is 90.5 cm³/mol. The molecular weight excluding hydrogens is 290 g/mol. The molecule has 3 heterocycles. The molecule has 1 aromatic heterocycles. The Balaban J connectivity index is 1.38. The average molecular weight is 315 g/mol. The van der Waals surface area contributed by atoms with E-state index in [9.17, 15) is 5.11 Å². The number of para-hydroxylation sites is 1. The normalized spacial score (nSPS) is 21.4. The van der Waals surface area contributed by atoms with Gasteiger partial charge in [0.05, 0.1) is 19.3 Å². The molecule has 5 nitrogen and oxygen atoms in total. The van der Waals surface area contributed by atoms with Gasteiger partial charge in [0, 0.05) is 55.9 Å². The van der Waals surface area contributed by atoms with Gasteiger partial charge in [0.15, 0.2) is 0 Å². The molecule has 0 amide bonds. The Bertz CT molecular complexity index is 663. The minimum Gasteiger partial charge on any atom is -0.390 e. The van der Waals surface area contributed by atoms with Crippen LogP contribution in [0.3, 0.4) is 0 Å². The number of morpholine rings is 1. The van der Waals surface area contributed by atoms with Gasteiger partial charge in [0.1, 0.15) is 0 Å². The van der Waals surface area contributed by atoms with Crippen LogP contribution in [0.2, 0.25) is 0 Å². The monoisotopic (exact) mass is 315 g/mol. The minimum atomic E-state index is -0.293. The highest BCUT2D eigenvalue weighted by atomic mass is 16.5. The number of β-amino-alcohol motifs (C(OH)–C–C–N with tert-alkyl or cyclic N) is 1. The number of aliphatic hydroxyl groups excluding tert-OH is 1. The van der Waals surface area contributed by atoms with E-state index in [4.69, 9.17) is 4.74 Å². The third-order valence-corrected chi connectivity index (χ3v) is 5.00. The van der Waals surface area contributed by atoms with E-state index in [0.29, 0.717) is 0 Å². The number of aromatic amines is 1. The summed E-state index contributed by atoms with van der Waals surface area (Å²) in [6.45, 7) is 6.86. The van der Waals surface area contributed by atoms with E-state index >= 15 is 0 Å². The number of hydrogen-bond donors (Lipinski definition) is 2. The second kappa shape index (κ2) is 6.61. The number of aromatic nitrogens is 1. The molecule has 5 heteroatoms. The Hall–Kier alpha value is -1.40. The van der Waals surface area contributed by atoms with Crippen molar-refractivity contribution in [3.63, 3.8) is 0 Å². The molecule has 1 atom stereocenters. The summed E-state index contributed by atoms with van der Waals surface area (Å²) in [4.78, 5) is 8.21. The summed E-state index contributed by atoms with van der Waals surface area (Å²) in [6.07, 6.45) is 0.767. The van der Waals surface area contributed by atoms with E-state index in [1.165, 1.54) is 22.2 Å². The van der Waals surface area contributed by atoms with Crippen molar-refractivity contribution in [1.82, 2.24) is 14.8 Å². The first-order valence-corrected chi connectivity index (χ1v) is 8.58. The highest BCUT2D eigenvalue weighted by Crippen LogP contribution is 2.27. The molecule has 1 unspecified atom stereocenters. The summed E-state index contributed by atoms with van der Waals surface area (Å²) in [7, 11) is 0. The number of hydrogen-bond acceptors (Lipinski definition) is 4. The molecule has 124 valence electrons. The van der Waals surface area contributed by atoms with Crippen LogP contribution in [0, 0.1) is 0 Å². The van der Waals surface area contributed by atoms with Crippen molar-refractivity contribution in [3.05, 3.63) is 35.5 Å². The second-order valence-electron chi connectivity index (χ2n) is 6.68. The van der Waals surface area contributed by atoms with Gasteiger partial charge in [-0.2, -0.15) is 0 Å². The first kappa shape index (κ1) is 15.1. The van der Waals surface area contributed by atoms with Crippen molar-refractivity contribution < 1.29 is 9.84 Å². The summed E-state index contributed by atoms with van der Waals surface area (Å²) >= 11 is 0. The zero-order chi connectivity index (χ0) is 15.6. The number of rotatable bonds is 4. The summed E-state index contributed by atoms with van der Waals surface area (Å²) < 4.78 is 5.36. The molecule has 4 rings (SSSR count). The SMILES string of the molecule is OC(CN1CCOCC1)CN1CCc2c([nH]c3ccccc23)C1. The second-order valence-corrected chi connectivity index (χ2v) is 6.68. The fourth-order valence-electron chi connectivity index (χ4n) is 3.84. The number of nitrogens with one attached hydrogen (secondary N) is 1. The van der Waals surface area contributed by atoms with E-state index in [1.807, 2.05) is 0 Å². The maximum absolute atomic E-state index is 10.4. The lowest BCUT2D eigenvalue weighted by Gasteiger charge is -2.32. The fourth-order valence-corrected chi connectivity index (χ4v) is 3.84. The van der Waals surface area contributed by atoms with Gasteiger partial charge < -0.3 is 14.8 Å². The number of fused-ring (bicyclic) bond motifs is 3. The molecular formula is C18H25N3O2.